The van der Waals surface area contributed by atoms with Crippen molar-refractivity contribution in [3.63, 3.8) is 0 Å². The van der Waals surface area contributed by atoms with Crippen molar-refractivity contribution >= 4 is 49.8 Å². The first-order valence-electron chi connectivity index (χ1n) is 13.5. The van der Waals surface area contributed by atoms with Gasteiger partial charge in [0, 0.05) is 32.9 Å². The van der Waals surface area contributed by atoms with E-state index in [1.54, 1.807) is 0 Å². The molecule has 0 saturated heterocycles. The van der Waals surface area contributed by atoms with E-state index in [4.69, 9.17) is 4.42 Å². The first-order chi connectivity index (χ1) is 19.1. The summed E-state index contributed by atoms with van der Waals surface area (Å²) in [7, 11) is 0. The summed E-state index contributed by atoms with van der Waals surface area (Å²) in [5.74, 6) is 0. The Kier molecular flexibility index (Phi) is 4.60. The summed E-state index contributed by atoms with van der Waals surface area (Å²) >= 11 is 0. The molecule has 1 aliphatic carbocycles. The third kappa shape index (κ3) is 3.03. The van der Waals surface area contributed by atoms with Crippen molar-refractivity contribution in [2.45, 2.75) is 19.3 Å². The van der Waals surface area contributed by atoms with E-state index in [0.717, 1.165) is 22.5 Å². The van der Waals surface area contributed by atoms with Crippen molar-refractivity contribution in [3.05, 3.63) is 139 Å². The molecule has 1 heterocycles. The van der Waals surface area contributed by atoms with Gasteiger partial charge in [-0.2, -0.15) is 0 Å². The van der Waals surface area contributed by atoms with E-state index in [1.807, 2.05) is 0 Å². The summed E-state index contributed by atoms with van der Waals surface area (Å²) in [5.41, 5.74) is 10.5. The molecule has 186 valence electrons. The van der Waals surface area contributed by atoms with Gasteiger partial charge in [0.05, 0.1) is 5.69 Å². The molecule has 0 fully saturated rings. The van der Waals surface area contributed by atoms with E-state index in [2.05, 4.69) is 146 Å². The fraction of sp³-hybridized carbons (Fsp3) is 0.0811. The summed E-state index contributed by atoms with van der Waals surface area (Å²) in [6.07, 6.45) is 0. The molecule has 8 rings (SSSR count). The largest absolute Gasteiger partial charge is 0.455 e. The Morgan fingerprint density at radius 1 is 0.538 bits per heavy atom. The van der Waals surface area contributed by atoms with Gasteiger partial charge in [0.2, 0.25) is 0 Å². The van der Waals surface area contributed by atoms with E-state index in [0.29, 0.717) is 0 Å². The average Bonchev–Trinajstić information content (AvgIpc) is 3.48. The second-order valence-electron chi connectivity index (χ2n) is 10.9. The minimum atomic E-state index is -0.266. The van der Waals surface area contributed by atoms with Crippen LogP contribution in [-0.2, 0) is 5.41 Å². The Morgan fingerprint density at radius 2 is 1.13 bits per heavy atom. The third-order valence-corrected chi connectivity index (χ3v) is 8.37. The maximum absolute atomic E-state index is 6.59. The zero-order chi connectivity index (χ0) is 26.1. The van der Waals surface area contributed by atoms with Crippen LogP contribution in [0.4, 0.5) is 17.1 Å². The van der Waals surface area contributed by atoms with Crippen LogP contribution in [0, 0.1) is 0 Å². The summed E-state index contributed by atoms with van der Waals surface area (Å²) < 4.78 is 6.59. The molecule has 1 aromatic heterocycles. The Labute approximate surface area is 227 Å². The van der Waals surface area contributed by atoms with Crippen LogP contribution in [0.2, 0.25) is 0 Å². The molecule has 2 nitrogen and oxygen atoms in total. The maximum Gasteiger partial charge on any atom is 0.143 e. The topological polar surface area (TPSA) is 16.4 Å². The lowest BCUT2D eigenvalue weighted by Crippen LogP contribution is -2.21. The fourth-order valence-electron chi connectivity index (χ4n) is 6.84. The van der Waals surface area contributed by atoms with Gasteiger partial charge in [-0.05, 0) is 64.0 Å². The van der Waals surface area contributed by atoms with Crippen LogP contribution in [0.5, 0.6) is 0 Å². The highest BCUT2D eigenvalue weighted by atomic mass is 16.3. The number of para-hydroxylation sites is 3. The van der Waals surface area contributed by atoms with Gasteiger partial charge in [-0.3, -0.25) is 0 Å². The van der Waals surface area contributed by atoms with E-state index in [-0.39, 0.29) is 5.41 Å². The molecule has 1 aliphatic rings. The molecule has 6 aromatic carbocycles. The summed E-state index contributed by atoms with van der Waals surface area (Å²) in [5, 5.41) is 4.82. The Balaban J connectivity index is 1.52. The van der Waals surface area contributed by atoms with Gasteiger partial charge in [-0.25, -0.2) is 0 Å². The molecule has 2 heteroatoms. The molecule has 0 aliphatic heterocycles. The third-order valence-electron chi connectivity index (χ3n) is 8.37. The maximum atomic E-state index is 6.59. The van der Waals surface area contributed by atoms with Gasteiger partial charge in [-0.15, -0.1) is 0 Å². The molecular formula is C37H27NO. The molecule has 0 atom stereocenters. The summed E-state index contributed by atoms with van der Waals surface area (Å²) in [6, 6.07) is 45.4. The van der Waals surface area contributed by atoms with E-state index in [9.17, 15) is 0 Å². The van der Waals surface area contributed by atoms with Crippen LogP contribution in [-0.4, -0.2) is 0 Å². The Morgan fingerprint density at radius 3 is 1.82 bits per heavy atom. The standard InChI is InChI=1S/C37H27NO/c1-37(2)34-29(21-13-22-30(34)38(24-14-5-3-6-15-24)25-16-7-4-8-17-25)32-26-18-9-10-19-27(26)36-33(35(32)37)28-20-11-12-23-31(28)39-36/h3-23H,1-2H3. The van der Waals surface area contributed by atoms with Gasteiger partial charge in [-0.1, -0.05) is 105 Å². The van der Waals surface area contributed by atoms with Crippen molar-refractivity contribution in [3.8, 4) is 11.1 Å². The van der Waals surface area contributed by atoms with Crippen molar-refractivity contribution in [2.75, 3.05) is 4.90 Å². The predicted octanol–water partition coefficient (Wildman–Crippen LogP) is 10.5. The number of anilines is 3. The second-order valence-corrected chi connectivity index (χ2v) is 10.9. The van der Waals surface area contributed by atoms with Crippen LogP contribution >= 0.6 is 0 Å². The van der Waals surface area contributed by atoms with Crippen LogP contribution in [0.3, 0.4) is 0 Å². The first kappa shape index (κ1) is 22.2. The SMILES string of the molecule is CC1(C)c2c(cccc2N(c2ccccc2)c2ccccc2)-c2c1c1c3ccccc3oc1c1ccccc21. The fourth-order valence-corrected chi connectivity index (χ4v) is 6.84. The van der Waals surface area contributed by atoms with Gasteiger partial charge in [0.25, 0.3) is 0 Å². The average molecular weight is 502 g/mol. The van der Waals surface area contributed by atoms with Gasteiger partial charge in [0.1, 0.15) is 11.2 Å². The minimum Gasteiger partial charge on any atom is -0.455 e. The highest BCUT2D eigenvalue weighted by Crippen LogP contribution is 2.59. The quantitative estimate of drug-likeness (QED) is 0.239. The normalized spacial score (nSPS) is 13.6. The zero-order valence-electron chi connectivity index (χ0n) is 22.0. The van der Waals surface area contributed by atoms with Gasteiger partial charge >= 0.3 is 0 Å². The predicted molar refractivity (Wildman–Crippen MR) is 163 cm³/mol. The lowest BCUT2D eigenvalue weighted by atomic mass is 9.78. The molecule has 7 aromatic rings. The Hall–Kier alpha value is -4.82. The molecule has 0 radical (unpaired) electrons. The van der Waals surface area contributed by atoms with Crippen LogP contribution < -0.4 is 4.90 Å². The summed E-state index contributed by atoms with van der Waals surface area (Å²) in [4.78, 5) is 2.40. The molecule has 0 N–H and O–H groups in total. The molecule has 0 saturated carbocycles. The van der Waals surface area contributed by atoms with Crippen LogP contribution in [0.1, 0.15) is 25.0 Å². The number of hydrogen-bond acceptors (Lipinski definition) is 2. The van der Waals surface area contributed by atoms with E-state index < -0.39 is 0 Å². The number of hydrogen-bond donors (Lipinski definition) is 0. The second kappa shape index (κ2) is 8.09. The number of benzene rings is 6. The first-order valence-corrected chi connectivity index (χ1v) is 13.5. The van der Waals surface area contributed by atoms with Gasteiger partial charge in [0.15, 0.2) is 0 Å². The smallest absolute Gasteiger partial charge is 0.143 e. The molecular weight excluding hydrogens is 474 g/mol. The molecule has 0 bridgehead atoms. The van der Waals surface area contributed by atoms with E-state index >= 15 is 0 Å². The Bertz CT molecular complexity index is 1990. The van der Waals surface area contributed by atoms with Crippen molar-refractivity contribution in [1.82, 2.24) is 0 Å². The van der Waals surface area contributed by atoms with Crippen LogP contribution in [0.25, 0.3) is 43.8 Å². The number of nitrogens with zero attached hydrogens (tertiary/aromatic N) is 1. The number of fused-ring (bicyclic) bond motifs is 10. The van der Waals surface area contributed by atoms with Gasteiger partial charge < -0.3 is 9.32 Å². The lowest BCUT2D eigenvalue weighted by Gasteiger charge is -2.32. The highest BCUT2D eigenvalue weighted by molar-refractivity contribution is 6.23. The summed E-state index contributed by atoms with van der Waals surface area (Å²) in [6.45, 7) is 4.76. The monoisotopic (exact) mass is 501 g/mol. The molecule has 0 amide bonds. The van der Waals surface area contributed by atoms with Crippen molar-refractivity contribution < 1.29 is 4.42 Å². The zero-order valence-corrected chi connectivity index (χ0v) is 22.0. The van der Waals surface area contributed by atoms with Crippen molar-refractivity contribution in [2.24, 2.45) is 0 Å². The molecule has 39 heavy (non-hydrogen) atoms. The molecule has 0 unspecified atom stereocenters. The highest BCUT2D eigenvalue weighted by Gasteiger charge is 2.42. The van der Waals surface area contributed by atoms with Crippen molar-refractivity contribution in [1.29, 1.82) is 0 Å². The van der Waals surface area contributed by atoms with Crippen LogP contribution in [0.15, 0.2) is 132 Å². The van der Waals surface area contributed by atoms with E-state index in [1.165, 1.54) is 49.5 Å². The molecule has 0 spiro atoms. The number of rotatable bonds is 3. The lowest BCUT2D eigenvalue weighted by molar-refractivity contribution is 0.659. The minimum absolute atomic E-state index is 0.266. The number of furan rings is 1.